The van der Waals surface area contributed by atoms with Crippen molar-refractivity contribution < 1.29 is 9.90 Å². The van der Waals surface area contributed by atoms with Gasteiger partial charge in [-0.05, 0) is 48.6 Å². The Bertz CT molecular complexity index is 1070. The molecule has 2 aliphatic carbocycles. The molecule has 2 aliphatic rings. The van der Waals surface area contributed by atoms with E-state index < -0.39 is 6.10 Å². The Morgan fingerprint density at radius 2 is 2.12 bits per heavy atom. The predicted octanol–water partition coefficient (Wildman–Crippen LogP) is 6.53. The van der Waals surface area contributed by atoms with Crippen LogP contribution in [0.3, 0.4) is 0 Å². The highest BCUT2D eigenvalue weighted by Crippen LogP contribution is 2.57. The second-order valence-corrected chi connectivity index (χ2v) is 12.1. The van der Waals surface area contributed by atoms with Crippen LogP contribution >= 0.6 is 34.5 Å². The average molecular weight is 523 g/mol. The summed E-state index contributed by atoms with van der Waals surface area (Å²) in [6.07, 6.45) is 3.85. The summed E-state index contributed by atoms with van der Waals surface area (Å²) in [5.41, 5.74) is 1.65. The predicted molar refractivity (Wildman–Crippen MR) is 141 cm³/mol. The fourth-order valence-electron chi connectivity index (χ4n) is 6.14. The molecule has 0 unspecified atom stereocenters. The van der Waals surface area contributed by atoms with Crippen molar-refractivity contribution in [1.82, 2.24) is 9.88 Å². The zero-order valence-electron chi connectivity index (χ0n) is 20.1. The van der Waals surface area contributed by atoms with Gasteiger partial charge in [-0.3, -0.25) is 4.79 Å². The van der Waals surface area contributed by atoms with Crippen molar-refractivity contribution in [2.45, 2.75) is 52.1 Å². The number of nitrogens with zero attached hydrogens (tertiary/aromatic N) is 2. The maximum absolute atomic E-state index is 13.0. The molecule has 2 aromatic rings. The molecular formula is C26H33Cl2N3O2S. The number of benzene rings is 1. The normalized spacial score (nSPS) is 29.0. The van der Waals surface area contributed by atoms with Crippen LogP contribution in [-0.4, -0.2) is 40.6 Å². The van der Waals surface area contributed by atoms with Crippen LogP contribution in [0.15, 0.2) is 30.9 Å². The van der Waals surface area contributed by atoms with Crippen molar-refractivity contribution in [1.29, 1.82) is 0 Å². The largest absolute Gasteiger partial charge is 0.392 e. The number of aromatic nitrogens is 1. The molecule has 1 saturated carbocycles. The molecule has 1 aromatic carbocycles. The Kier molecular flexibility index (Phi) is 7.35. The van der Waals surface area contributed by atoms with E-state index in [1.807, 2.05) is 13.0 Å². The maximum Gasteiger partial charge on any atom is 0.225 e. The van der Waals surface area contributed by atoms with Crippen LogP contribution in [0.1, 0.15) is 50.1 Å². The molecule has 0 radical (unpaired) electrons. The fourth-order valence-corrected chi connectivity index (χ4v) is 7.90. The van der Waals surface area contributed by atoms with Crippen LogP contribution in [0.4, 0.5) is 10.8 Å². The first kappa shape index (κ1) is 25.5. The van der Waals surface area contributed by atoms with Crippen molar-refractivity contribution in [2.24, 2.45) is 23.2 Å². The number of thiazole rings is 1. The lowest BCUT2D eigenvalue weighted by molar-refractivity contribution is -0.143. The number of fused-ring (bicyclic) bond motifs is 2. The lowest BCUT2D eigenvalue weighted by Crippen LogP contribution is -2.53. The molecule has 1 heterocycles. The van der Waals surface area contributed by atoms with Crippen molar-refractivity contribution >= 4 is 51.3 Å². The van der Waals surface area contributed by atoms with Crippen LogP contribution in [0.25, 0.3) is 0 Å². The Labute approximate surface area is 216 Å². The summed E-state index contributed by atoms with van der Waals surface area (Å²) in [6.45, 7) is 10.6. The topological polar surface area (TPSA) is 65.5 Å². The van der Waals surface area contributed by atoms with Gasteiger partial charge in [-0.2, -0.15) is 0 Å². The Balaban J connectivity index is 1.59. The zero-order chi connectivity index (χ0) is 24.8. The van der Waals surface area contributed by atoms with Gasteiger partial charge in [0, 0.05) is 30.3 Å². The molecule has 1 fully saturated rings. The molecule has 4 rings (SSSR count). The Morgan fingerprint density at radius 3 is 2.76 bits per heavy atom. The van der Waals surface area contributed by atoms with Gasteiger partial charge >= 0.3 is 0 Å². The van der Waals surface area contributed by atoms with Crippen molar-refractivity contribution in [3.63, 3.8) is 0 Å². The first-order chi connectivity index (χ1) is 16.1. The smallest absolute Gasteiger partial charge is 0.225 e. The first-order valence-electron chi connectivity index (χ1n) is 11.8. The monoisotopic (exact) mass is 521 g/mol. The number of amides is 1. The van der Waals surface area contributed by atoms with Crippen molar-refractivity contribution in [3.8, 4) is 0 Å². The fraction of sp³-hybridized carbons (Fsp3) is 0.538. The SMILES string of the molecule is C=CCN(C)C(=O)[C@@H](C)[C@H]1CC[C@]2(C)Cc3sc(Nc4c(Cl)cccc4Cl)nc3[C@H](C)[C@@H]2[C@H]1O. The van der Waals surface area contributed by atoms with Gasteiger partial charge in [0.15, 0.2) is 5.13 Å². The molecule has 0 bridgehead atoms. The van der Waals surface area contributed by atoms with Crippen LogP contribution in [0.5, 0.6) is 0 Å². The third-order valence-electron chi connectivity index (χ3n) is 7.93. The van der Waals surface area contributed by atoms with E-state index in [-0.39, 0.29) is 35.0 Å². The van der Waals surface area contributed by atoms with Crippen LogP contribution in [0, 0.1) is 23.2 Å². The molecule has 1 amide bonds. The molecule has 0 aliphatic heterocycles. The molecule has 0 saturated heterocycles. The highest BCUT2D eigenvalue weighted by molar-refractivity contribution is 7.15. The molecular weight excluding hydrogens is 489 g/mol. The van der Waals surface area contributed by atoms with Gasteiger partial charge < -0.3 is 15.3 Å². The van der Waals surface area contributed by atoms with Gasteiger partial charge in [-0.15, -0.1) is 17.9 Å². The molecule has 8 heteroatoms. The minimum absolute atomic E-state index is 0.0377. The standard InChI is InChI=1S/C26H33Cl2N3O2S/c1-6-12-31(5)24(33)14(2)16-10-11-26(4)13-19-21(15(3)20(26)23(16)32)29-25(34-19)30-22-17(27)8-7-9-18(22)28/h6-9,14-16,20,23,32H,1,10-13H2,2-5H3,(H,29,30)/t14-,15+,16+,20+,23-,26+/m0/s1. The molecule has 184 valence electrons. The number of aliphatic hydroxyl groups is 1. The first-order valence-corrected chi connectivity index (χ1v) is 13.4. The van der Waals surface area contributed by atoms with Gasteiger partial charge in [0.1, 0.15) is 0 Å². The number of hydrogen-bond donors (Lipinski definition) is 2. The van der Waals surface area contributed by atoms with Crippen LogP contribution in [-0.2, 0) is 11.2 Å². The summed E-state index contributed by atoms with van der Waals surface area (Å²) < 4.78 is 0. The van der Waals surface area contributed by atoms with E-state index in [2.05, 4.69) is 25.7 Å². The molecule has 1 aromatic heterocycles. The lowest BCUT2D eigenvalue weighted by atomic mass is 9.53. The number of likely N-dealkylation sites (N-methyl/N-ethyl adjacent to an activating group) is 1. The number of halogens is 2. The van der Waals surface area contributed by atoms with Crippen LogP contribution < -0.4 is 5.32 Å². The van der Waals surface area contributed by atoms with E-state index >= 15 is 0 Å². The number of carbonyl (C=O) groups excluding carboxylic acids is 1. The summed E-state index contributed by atoms with van der Waals surface area (Å²) in [4.78, 5) is 20.8. The maximum atomic E-state index is 13.0. The summed E-state index contributed by atoms with van der Waals surface area (Å²) in [5.74, 6) is -0.132. The molecule has 0 spiro atoms. The van der Waals surface area contributed by atoms with Gasteiger partial charge in [0.05, 0.1) is 27.5 Å². The van der Waals surface area contributed by atoms with E-state index in [1.165, 1.54) is 4.88 Å². The number of hydrogen-bond acceptors (Lipinski definition) is 5. The molecule has 2 N–H and O–H groups in total. The minimum atomic E-state index is -0.561. The summed E-state index contributed by atoms with van der Waals surface area (Å²) in [5, 5.41) is 16.8. The number of carbonyl (C=O) groups is 1. The lowest BCUT2D eigenvalue weighted by Gasteiger charge is -2.53. The number of nitrogens with one attached hydrogen (secondary N) is 1. The van der Waals surface area contributed by atoms with E-state index in [9.17, 15) is 9.90 Å². The summed E-state index contributed by atoms with van der Waals surface area (Å²) in [6, 6.07) is 5.41. The van der Waals surface area contributed by atoms with E-state index in [1.54, 1.807) is 41.5 Å². The van der Waals surface area contributed by atoms with Gasteiger partial charge in [-0.25, -0.2) is 4.98 Å². The number of rotatable bonds is 6. The van der Waals surface area contributed by atoms with Crippen molar-refractivity contribution in [3.05, 3.63) is 51.5 Å². The third kappa shape index (κ3) is 4.50. The average Bonchev–Trinajstić information content (AvgIpc) is 3.18. The molecule has 6 atom stereocenters. The quantitative estimate of drug-likeness (QED) is 0.424. The van der Waals surface area contributed by atoms with Crippen molar-refractivity contribution in [2.75, 3.05) is 18.9 Å². The molecule has 34 heavy (non-hydrogen) atoms. The minimum Gasteiger partial charge on any atom is -0.392 e. The number of anilines is 2. The van der Waals surface area contributed by atoms with Gasteiger partial charge in [0.2, 0.25) is 5.91 Å². The second-order valence-electron chi connectivity index (χ2n) is 10.2. The molecule has 5 nitrogen and oxygen atoms in total. The zero-order valence-corrected chi connectivity index (χ0v) is 22.5. The Hall–Kier alpha value is -1.60. The van der Waals surface area contributed by atoms with E-state index in [0.29, 0.717) is 22.3 Å². The van der Waals surface area contributed by atoms with E-state index in [0.717, 1.165) is 30.1 Å². The Morgan fingerprint density at radius 1 is 1.44 bits per heavy atom. The summed E-state index contributed by atoms with van der Waals surface area (Å²) in [7, 11) is 1.80. The highest BCUT2D eigenvalue weighted by atomic mass is 35.5. The van der Waals surface area contributed by atoms with Gasteiger partial charge in [0.25, 0.3) is 0 Å². The summed E-state index contributed by atoms with van der Waals surface area (Å²) >= 11 is 14.3. The van der Waals surface area contributed by atoms with E-state index in [4.69, 9.17) is 28.2 Å². The number of aliphatic hydroxyl groups excluding tert-OH is 1. The number of para-hydroxylation sites is 1. The van der Waals surface area contributed by atoms with Gasteiger partial charge in [-0.1, -0.05) is 56.1 Å². The third-order valence-corrected chi connectivity index (χ3v) is 9.54. The van der Waals surface area contributed by atoms with Crippen LogP contribution in [0.2, 0.25) is 10.0 Å². The highest BCUT2D eigenvalue weighted by Gasteiger charge is 2.54. The second kappa shape index (κ2) is 9.81.